The van der Waals surface area contributed by atoms with Crippen LogP contribution in [-0.2, 0) is 6.42 Å². The summed E-state index contributed by atoms with van der Waals surface area (Å²) in [6.45, 7) is 4.52. The van der Waals surface area contributed by atoms with Gasteiger partial charge >= 0.3 is 0 Å². The molecular weight excluding hydrogens is 424 g/mol. The lowest BCUT2D eigenvalue weighted by atomic mass is 9.78. The normalized spacial score (nSPS) is 14.6. The Balaban J connectivity index is 1.83. The van der Waals surface area contributed by atoms with Crippen molar-refractivity contribution in [3.8, 4) is 22.6 Å². The van der Waals surface area contributed by atoms with E-state index >= 15 is 0 Å². The summed E-state index contributed by atoms with van der Waals surface area (Å²) in [6.07, 6.45) is 0.860. The molecule has 2 aliphatic carbocycles. The minimum absolute atomic E-state index is 0.0276. The molecule has 0 unspecified atom stereocenters. The topological polar surface area (TPSA) is 38.7 Å². The molecule has 0 atom stereocenters. The van der Waals surface area contributed by atoms with Gasteiger partial charge in [0.1, 0.15) is 17.3 Å². The number of ether oxygens (including phenoxy) is 2. The highest BCUT2D eigenvalue weighted by Gasteiger charge is 2.37. The molecule has 33 heavy (non-hydrogen) atoms. The lowest BCUT2D eigenvalue weighted by molar-refractivity contribution is 0.414. The zero-order valence-electron chi connectivity index (χ0n) is 19.7. The first-order chi connectivity index (χ1) is 16.1. The largest absolute Gasteiger partial charge is 0.508 e. The van der Waals surface area contributed by atoms with Gasteiger partial charge in [0, 0.05) is 19.9 Å². The third-order valence-electron chi connectivity index (χ3n) is 7.22. The molecule has 0 aliphatic heterocycles. The fourth-order valence-corrected chi connectivity index (χ4v) is 7.80. The summed E-state index contributed by atoms with van der Waals surface area (Å²) < 4.78 is 11.1. The van der Waals surface area contributed by atoms with Gasteiger partial charge in [-0.1, -0.05) is 50.2 Å². The zero-order chi connectivity index (χ0) is 23.1. The highest BCUT2D eigenvalue weighted by atomic mass is 28.2. The van der Waals surface area contributed by atoms with Crippen LogP contribution in [0.15, 0.2) is 66.4 Å². The Labute approximate surface area is 197 Å². The van der Waals surface area contributed by atoms with Gasteiger partial charge in [0.05, 0.1) is 14.2 Å². The van der Waals surface area contributed by atoms with E-state index in [0.29, 0.717) is 5.76 Å². The summed E-state index contributed by atoms with van der Waals surface area (Å²) in [5, 5.41) is 13.1. The molecule has 5 rings (SSSR count). The smallest absolute Gasteiger partial charge is 0.119 e. The molecule has 3 aromatic rings. The van der Waals surface area contributed by atoms with Crippen molar-refractivity contribution in [2.45, 2.75) is 38.3 Å². The van der Waals surface area contributed by atoms with Gasteiger partial charge in [-0.3, -0.25) is 0 Å². The van der Waals surface area contributed by atoms with Crippen LogP contribution in [0.1, 0.15) is 42.0 Å². The van der Waals surface area contributed by atoms with E-state index in [1.165, 1.54) is 27.4 Å². The molecular formula is C29H30O3Si. The Kier molecular flexibility index (Phi) is 5.71. The predicted molar refractivity (Wildman–Crippen MR) is 138 cm³/mol. The molecule has 0 saturated carbocycles. The Bertz CT molecular complexity index is 1240. The van der Waals surface area contributed by atoms with Crippen LogP contribution in [0, 0.1) is 0 Å². The van der Waals surface area contributed by atoms with Crippen molar-refractivity contribution in [3.63, 3.8) is 0 Å². The summed E-state index contributed by atoms with van der Waals surface area (Å²) in [4.78, 5) is 0. The second-order valence-corrected chi connectivity index (χ2v) is 11.9. The number of fused-ring (bicyclic) bond motifs is 4. The number of benzene rings is 3. The van der Waals surface area contributed by atoms with Gasteiger partial charge in [0.25, 0.3) is 0 Å². The molecule has 3 aromatic carbocycles. The SMILES string of the molecule is CC[Si](CC)=C1Cc2ccccc2C(C2c3ccc(OC)cc3-c3cc(OC)ccc32)=C1O. The van der Waals surface area contributed by atoms with Gasteiger partial charge < -0.3 is 14.6 Å². The number of hydrogen-bond acceptors (Lipinski definition) is 3. The van der Waals surface area contributed by atoms with Crippen LogP contribution < -0.4 is 9.47 Å². The van der Waals surface area contributed by atoms with E-state index in [1.807, 2.05) is 12.1 Å². The molecule has 0 spiro atoms. The standard InChI is InChI=1S/C29H30O3Si/c1-5-33(6-2)26-15-18-9-7-8-10-21(18)28(29(26)30)27-22-13-11-19(31-3)16-24(22)25-17-20(32-4)12-14-23(25)27/h7-14,16-17,27,30H,5-6,15H2,1-4H3. The molecule has 168 valence electrons. The maximum atomic E-state index is 11.8. The van der Waals surface area contributed by atoms with Gasteiger partial charge in [0.2, 0.25) is 0 Å². The van der Waals surface area contributed by atoms with Crippen LogP contribution in [0.5, 0.6) is 11.5 Å². The first-order valence-corrected chi connectivity index (χ1v) is 13.6. The number of allylic oxidation sites excluding steroid dienone is 2. The van der Waals surface area contributed by atoms with Crippen LogP contribution in [0.3, 0.4) is 0 Å². The van der Waals surface area contributed by atoms with Crippen molar-refractivity contribution in [3.05, 3.63) is 88.7 Å². The molecule has 0 radical (unpaired) electrons. The zero-order valence-corrected chi connectivity index (χ0v) is 20.7. The molecule has 3 nitrogen and oxygen atoms in total. The fraction of sp³-hybridized carbons (Fsp3) is 0.276. The summed E-state index contributed by atoms with van der Waals surface area (Å²) >= 11 is 0. The van der Waals surface area contributed by atoms with Crippen LogP contribution in [0.4, 0.5) is 0 Å². The van der Waals surface area contributed by atoms with Gasteiger partial charge in [-0.05, 0) is 81.3 Å². The van der Waals surface area contributed by atoms with Gasteiger partial charge in [-0.15, -0.1) is 0 Å². The van der Waals surface area contributed by atoms with Crippen LogP contribution in [0.25, 0.3) is 16.7 Å². The molecule has 2 aliphatic rings. The Morgan fingerprint density at radius 1 is 0.818 bits per heavy atom. The fourth-order valence-electron chi connectivity index (χ4n) is 5.54. The van der Waals surface area contributed by atoms with E-state index in [2.05, 4.69) is 62.4 Å². The Morgan fingerprint density at radius 2 is 1.39 bits per heavy atom. The highest BCUT2D eigenvalue weighted by Crippen LogP contribution is 2.54. The Hall–Kier alpha value is -3.11. The van der Waals surface area contributed by atoms with Gasteiger partial charge in [-0.25, -0.2) is 0 Å². The van der Waals surface area contributed by atoms with Crippen LogP contribution in [-0.4, -0.2) is 32.9 Å². The average Bonchev–Trinajstić information content (AvgIpc) is 3.17. The highest BCUT2D eigenvalue weighted by molar-refractivity contribution is 6.74. The number of aliphatic hydroxyl groups excluding tert-OH is 1. The predicted octanol–water partition coefficient (Wildman–Crippen LogP) is 6.63. The van der Waals surface area contributed by atoms with Crippen molar-refractivity contribution in [1.82, 2.24) is 0 Å². The molecule has 0 heterocycles. The quantitative estimate of drug-likeness (QED) is 0.440. The minimum Gasteiger partial charge on any atom is -0.508 e. The lowest BCUT2D eigenvalue weighted by Gasteiger charge is -2.29. The molecule has 0 saturated heterocycles. The number of methoxy groups -OCH3 is 2. The molecule has 0 aromatic heterocycles. The molecule has 4 heteroatoms. The summed E-state index contributed by atoms with van der Waals surface area (Å²) in [5.41, 5.74) is 8.25. The second kappa shape index (κ2) is 8.68. The summed E-state index contributed by atoms with van der Waals surface area (Å²) in [6, 6.07) is 23.5. The van der Waals surface area contributed by atoms with Crippen LogP contribution in [0.2, 0.25) is 12.1 Å². The summed E-state index contributed by atoms with van der Waals surface area (Å²) in [5.74, 6) is 2.17. The van der Waals surface area contributed by atoms with Crippen molar-refractivity contribution < 1.29 is 14.6 Å². The third kappa shape index (κ3) is 3.44. The molecule has 1 N–H and O–H groups in total. The third-order valence-corrected chi connectivity index (χ3v) is 10.2. The van der Waals surface area contributed by atoms with Crippen molar-refractivity contribution in [1.29, 1.82) is 0 Å². The first-order valence-electron chi connectivity index (χ1n) is 11.7. The molecule has 0 amide bonds. The lowest BCUT2D eigenvalue weighted by Crippen LogP contribution is -2.26. The number of hydrogen-bond donors (Lipinski definition) is 1. The first kappa shape index (κ1) is 21.7. The monoisotopic (exact) mass is 454 g/mol. The van der Waals surface area contributed by atoms with Gasteiger partial charge in [0.15, 0.2) is 0 Å². The maximum Gasteiger partial charge on any atom is 0.119 e. The van der Waals surface area contributed by atoms with Crippen molar-refractivity contribution in [2.75, 3.05) is 14.2 Å². The van der Waals surface area contributed by atoms with Crippen molar-refractivity contribution >= 4 is 19.2 Å². The minimum atomic E-state index is -0.781. The van der Waals surface area contributed by atoms with E-state index in [0.717, 1.165) is 46.7 Å². The number of rotatable bonds is 5. The van der Waals surface area contributed by atoms with E-state index < -0.39 is 8.41 Å². The van der Waals surface area contributed by atoms with E-state index in [-0.39, 0.29) is 5.92 Å². The average molecular weight is 455 g/mol. The Morgan fingerprint density at radius 3 is 1.94 bits per heavy atom. The molecule has 0 fully saturated rings. The maximum absolute atomic E-state index is 11.8. The second-order valence-electron chi connectivity index (χ2n) is 8.72. The number of aliphatic hydroxyl groups is 1. The van der Waals surface area contributed by atoms with Gasteiger partial charge in [-0.2, -0.15) is 0 Å². The van der Waals surface area contributed by atoms with Crippen LogP contribution >= 0.6 is 0 Å². The molecule has 0 bridgehead atoms. The summed E-state index contributed by atoms with van der Waals surface area (Å²) in [7, 11) is 2.62. The van der Waals surface area contributed by atoms with E-state index in [9.17, 15) is 5.11 Å². The van der Waals surface area contributed by atoms with E-state index in [4.69, 9.17) is 9.47 Å². The van der Waals surface area contributed by atoms with E-state index in [1.54, 1.807) is 14.2 Å². The van der Waals surface area contributed by atoms with Crippen molar-refractivity contribution in [2.24, 2.45) is 0 Å².